The molecular formula is C14H25NO2. The van der Waals surface area contributed by atoms with E-state index in [1.807, 2.05) is 6.92 Å². The van der Waals surface area contributed by atoms with Crippen LogP contribution in [0.2, 0.25) is 0 Å². The Balaban J connectivity index is 2.08. The molecular weight excluding hydrogens is 214 g/mol. The van der Waals surface area contributed by atoms with Crippen LogP contribution in [0.15, 0.2) is 0 Å². The summed E-state index contributed by atoms with van der Waals surface area (Å²) in [4.78, 5) is 14.0. The van der Waals surface area contributed by atoms with Crippen molar-refractivity contribution in [2.24, 2.45) is 11.3 Å². The number of carboxylic acid groups (broad SMARTS) is 1. The maximum atomic E-state index is 11.5. The largest absolute Gasteiger partial charge is 0.481 e. The lowest BCUT2D eigenvalue weighted by molar-refractivity contribution is -0.153. The van der Waals surface area contributed by atoms with Crippen LogP contribution in [0.25, 0.3) is 0 Å². The van der Waals surface area contributed by atoms with E-state index in [-0.39, 0.29) is 0 Å². The smallest absolute Gasteiger partial charge is 0.310 e. The lowest BCUT2D eigenvalue weighted by atomic mass is 9.77. The third-order valence-corrected chi connectivity index (χ3v) is 5.02. The van der Waals surface area contributed by atoms with Crippen LogP contribution in [-0.2, 0) is 4.79 Å². The number of likely N-dealkylation sites (tertiary alicyclic amines) is 1. The maximum Gasteiger partial charge on any atom is 0.310 e. The summed E-state index contributed by atoms with van der Waals surface area (Å²) in [6.45, 7) is 6.22. The first-order valence-electron chi connectivity index (χ1n) is 7.06. The Bertz CT molecular complexity index is 292. The van der Waals surface area contributed by atoms with E-state index in [9.17, 15) is 9.90 Å². The second-order valence-corrected chi connectivity index (χ2v) is 5.99. The van der Waals surface area contributed by atoms with Gasteiger partial charge < -0.3 is 5.11 Å². The van der Waals surface area contributed by atoms with Crippen molar-refractivity contribution in [3.63, 3.8) is 0 Å². The first-order chi connectivity index (χ1) is 8.09. The molecule has 3 unspecified atom stereocenters. The summed E-state index contributed by atoms with van der Waals surface area (Å²) < 4.78 is 0. The molecule has 1 aliphatic carbocycles. The highest BCUT2D eigenvalue weighted by Crippen LogP contribution is 2.38. The standard InChI is InChI=1S/C14H25NO2/c1-3-14(13(16)17)8-5-9-15(10-14)12-7-4-6-11(12)2/h11-12H,3-10H2,1-2H3,(H,16,17). The van der Waals surface area contributed by atoms with Gasteiger partial charge in [0.1, 0.15) is 0 Å². The van der Waals surface area contributed by atoms with Crippen LogP contribution in [0.4, 0.5) is 0 Å². The summed E-state index contributed by atoms with van der Waals surface area (Å²) in [5.41, 5.74) is -0.472. The van der Waals surface area contributed by atoms with E-state index < -0.39 is 11.4 Å². The van der Waals surface area contributed by atoms with Crippen molar-refractivity contribution < 1.29 is 9.90 Å². The first-order valence-corrected chi connectivity index (χ1v) is 7.06. The van der Waals surface area contributed by atoms with Gasteiger partial charge in [-0.1, -0.05) is 20.3 Å². The molecule has 17 heavy (non-hydrogen) atoms. The third-order valence-electron chi connectivity index (χ3n) is 5.02. The number of carbonyl (C=O) groups is 1. The molecule has 3 nitrogen and oxygen atoms in total. The maximum absolute atomic E-state index is 11.5. The molecule has 0 aromatic rings. The highest BCUT2D eigenvalue weighted by molar-refractivity contribution is 5.75. The molecule has 1 saturated carbocycles. The molecule has 98 valence electrons. The van der Waals surface area contributed by atoms with Gasteiger partial charge in [-0.15, -0.1) is 0 Å². The minimum Gasteiger partial charge on any atom is -0.481 e. The summed E-state index contributed by atoms with van der Waals surface area (Å²) in [6.07, 6.45) is 6.56. The number of piperidine rings is 1. The second kappa shape index (κ2) is 4.97. The second-order valence-electron chi connectivity index (χ2n) is 5.99. The average molecular weight is 239 g/mol. The molecule has 3 atom stereocenters. The van der Waals surface area contributed by atoms with Gasteiger partial charge in [-0.2, -0.15) is 0 Å². The molecule has 1 N–H and O–H groups in total. The van der Waals surface area contributed by atoms with Crippen LogP contribution in [-0.4, -0.2) is 35.1 Å². The molecule has 2 rings (SSSR count). The zero-order valence-corrected chi connectivity index (χ0v) is 11.1. The van der Waals surface area contributed by atoms with Gasteiger partial charge in [0.05, 0.1) is 5.41 Å². The van der Waals surface area contributed by atoms with Crippen molar-refractivity contribution >= 4 is 5.97 Å². The highest BCUT2D eigenvalue weighted by Gasteiger charge is 2.43. The van der Waals surface area contributed by atoms with E-state index in [1.165, 1.54) is 19.3 Å². The van der Waals surface area contributed by atoms with Crippen molar-refractivity contribution in [1.82, 2.24) is 4.90 Å². The molecule has 1 heterocycles. The number of hydrogen-bond donors (Lipinski definition) is 1. The zero-order chi connectivity index (χ0) is 12.5. The fraction of sp³-hybridized carbons (Fsp3) is 0.929. The summed E-state index contributed by atoms with van der Waals surface area (Å²) in [5.74, 6) is 0.159. The molecule has 0 aromatic carbocycles. The number of hydrogen-bond acceptors (Lipinski definition) is 2. The molecule has 0 amide bonds. The summed E-state index contributed by atoms with van der Waals surface area (Å²) in [7, 11) is 0. The van der Waals surface area contributed by atoms with Crippen molar-refractivity contribution in [3.05, 3.63) is 0 Å². The lowest BCUT2D eigenvalue weighted by Crippen LogP contribution is -2.51. The summed E-state index contributed by atoms with van der Waals surface area (Å²) in [6, 6.07) is 0.639. The zero-order valence-electron chi connectivity index (χ0n) is 11.1. The van der Waals surface area contributed by atoms with Crippen LogP contribution in [0.5, 0.6) is 0 Å². The Kier molecular flexibility index (Phi) is 3.76. The molecule has 0 radical (unpaired) electrons. The van der Waals surface area contributed by atoms with E-state index in [4.69, 9.17) is 0 Å². The Morgan fingerprint density at radius 3 is 2.71 bits per heavy atom. The van der Waals surface area contributed by atoms with Gasteiger partial charge in [0.2, 0.25) is 0 Å². The SMILES string of the molecule is CCC1(C(=O)O)CCCN(C2CCCC2C)C1. The first kappa shape index (κ1) is 12.9. The number of carboxylic acids is 1. The van der Waals surface area contributed by atoms with Crippen molar-refractivity contribution in [3.8, 4) is 0 Å². The minimum atomic E-state index is -0.588. The Hall–Kier alpha value is -0.570. The van der Waals surface area contributed by atoms with E-state index >= 15 is 0 Å². The van der Waals surface area contributed by atoms with Crippen LogP contribution in [0.3, 0.4) is 0 Å². The Labute approximate surface area is 104 Å². The Morgan fingerprint density at radius 1 is 1.41 bits per heavy atom. The van der Waals surface area contributed by atoms with Gasteiger partial charge in [-0.3, -0.25) is 9.69 Å². The van der Waals surface area contributed by atoms with Gasteiger partial charge in [0.25, 0.3) is 0 Å². The van der Waals surface area contributed by atoms with Crippen molar-refractivity contribution in [2.75, 3.05) is 13.1 Å². The molecule has 0 aromatic heterocycles. The predicted octanol–water partition coefficient (Wildman–Crippen LogP) is 2.75. The normalized spacial score (nSPS) is 39.4. The van der Waals surface area contributed by atoms with Crippen LogP contribution >= 0.6 is 0 Å². The fourth-order valence-electron chi connectivity index (χ4n) is 3.73. The third kappa shape index (κ3) is 2.35. The van der Waals surface area contributed by atoms with Crippen LogP contribution in [0, 0.1) is 11.3 Å². The number of rotatable bonds is 3. The fourth-order valence-corrected chi connectivity index (χ4v) is 3.73. The van der Waals surface area contributed by atoms with E-state index in [1.54, 1.807) is 0 Å². The molecule has 3 heteroatoms. The van der Waals surface area contributed by atoms with Gasteiger partial charge in [0, 0.05) is 12.6 Å². The number of nitrogens with zero attached hydrogens (tertiary/aromatic N) is 1. The monoisotopic (exact) mass is 239 g/mol. The van der Waals surface area contributed by atoms with Crippen LogP contribution < -0.4 is 0 Å². The molecule has 0 spiro atoms. The summed E-state index contributed by atoms with van der Waals surface area (Å²) in [5, 5.41) is 9.49. The molecule has 1 aliphatic heterocycles. The minimum absolute atomic E-state index is 0.472. The van der Waals surface area contributed by atoms with Crippen molar-refractivity contribution in [1.29, 1.82) is 0 Å². The highest BCUT2D eigenvalue weighted by atomic mass is 16.4. The average Bonchev–Trinajstić information content (AvgIpc) is 2.75. The summed E-state index contributed by atoms with van der Waals surface area (Å²) >= 11 is 0. The molecule has 0 bridgehead atoms. The Morgan fingerprint density at radius 2 is 2.18 bits per heavy atom. The van der Waals surface area contributed by atoms with Gasteiger partial charge in [-0.05, 0) is 44.6 Å². The van der Waals surface area contributed by atoms with Gasteiger partial charge in [-0.25, -0.2) is 0 Å². The van der Waals surface area contributed by atoms with Crippen molar-refractivity contribution in [2.45, 2.75) is 58.4 Å². The van der Waals surface area contributed by atoms with E-state index in [0.717, 1.165) is 38.3 Å². The van der Waals surface area contributed by atoms with E-state index in [2.05, 4.69) is 11.8 Å². The predicted molar refractivity (Wildman–Crippen MR) is 68.0 cm³/mol. The van der Waals surface area contributed by atoms with E-state index in [0.29, 0.717) is 6.04 Å². The molecule has 2 fully saturated rings. The number of aliphatic carboxylic acids is 1. The van der Waals surface area contributed by atoms with Crippen LogP contribution in [0.1, 0.15) is 52.4 Å². The topological polar surface area (TPSA) is 40.5 Å². The molecule has 1 saturated heterocycles. The van der Waals surface area contributed by atoms with Gasteiger partial charge in [0.15, 0.2) is 0 Å². The van der Waals surface area contributed by atoms with Gasteiger partial charge >= 0.3 is 5.97 Å². The lowest BCUT2D eigenvalue weighted by Gasteiger charge is -2.43. The molecule has 2 aliphatic rings. The quantitative estimate of drug-likeness (QED) is 0.823.